The van der Waals surface area contributed by atoms with Crippen molar-refractivity contribution in [2.24, 2.45) is 22.9 Å². The number of carboxylic acids is 1. The van der Waals surface area contributed by atoms with Crippen LogP contribution in [0.1, 0.15) is 69.4 Å². The van der Waals surface area contributed by atoms with Gasteiger partial charge in [-0.3, -0.25) is 4.79 Å². The first kappa shape index (κ1) is 32.3. The highest BCUT2D eigenvalue weighted by molar-refractivity contribution is 7.89. The van der Waals surface area contributed by atoms with E-state index in [-0.39, 0.29) is 18.0 Å². The lowest BCUT2D eigenvalue weighted by atomic mass is 9.81. The van der Waals surface area contributed by atoms with Gasteiger partial charge < -0.3 is 20.6 Å². The van der Waals surface area contributed by atoms with Gasteiger partial charge in [0.2, 0.25) is 10.0 Å². The van der Waals surface area contributed by atoms with Gasteiger partial charge in [0.25, 0.3) is 0 Å². The van der Waals surface area contributed by atoms with Crippen LogP contribution in [-0.2, 0) is 32.5 Å². The largest absolute Gasteiger partial charge is 0.481 e. The van der Waals surface area contributed by atoms with Crippen LogP contribution in [0.15, 0.2) is 59.3 Å². The highest BCUT2D eigenvalue weighted by atomic mass is 32.2. The van der Waals surface area contributed by atoms with E-state index in [1.54, 1.807) is 44.3 Å². The van der Waals surface area contributed by atoms with Gasteiger partial charge in [-0.2, -0.15) is 0 Å². The van der Waals surface area contributed by atoms with Gasteiger partial charge in [-0.15, -0.1) is 0 Å². The Kier molecular flexibility index (Phi) is 11.5. The van der Waals surface area contributed by atoms with Crippen LogP contribution < -0.4 is 16.3 Å². The molecule has 0 bridgehead atoms. The number of nitrogens with zero attached hydrogens (tertiary/aromatic N) is 1. The number of aliphatic carboxylic acids is 1. The third-order valence-corrected chi connectivity index (χ3v) is 8.48. The Labute approximate surface area is 233 Å². The van der Waals surface area contributed by atoms with Crippen molar-refractivity contribution < 1.29 is 23.1 Å². The number of carboxylic acid groups (broad SMARTS) is 1. The van der Waals surface area contributed by atoms with Gasteiger partial charge in [0.1, 0.15) is 0 Å². The van der Waals surface area contributed by atoms with E-state index in [0.29, 0.717) is 35.7 Å². The van der Waals surface area contributed by atoms with Gasteiger partial charge in [-0.05, 0) is 68.4 Å². The van der Waals surface area contributed by atoms with Gasteiger partial charge in [0.15, 0.2) is 0 Å². The molecule has 0 saturated heterocycles. The molecule has 0 radical (unpaired) electrons. The Morgan fingerprint density at radius 1 is 1.18 bits per heavy atom. The lowest BCUT2D eigenvalue weighted by molar-refractivity contribution is -0.156. The molecule has 0 saturated carbocycles. The van der Waals surface area contributed by atoms with Crippen molar-refractivity contribution >= 4 is 16.0 Å². The Morgan fingerprint density at radius 3 is 2.46 bits per heavy atom. The summed E-state index contributed by atoms with van der Waals surface area (Å²) in [6.45, 7) is 11.7. The molecule has 0 aliphatic carbocycles. The van der Waals surface area contributed by atoms with Gasteiger partial charge in [0, 0.05) is 19.3 Å². The van der Waals surface area contributed by atoms with Crippen LogP contribution in [0.3, 0.4) is 0 Å². The van der Waals surface area contributed by atoms with Crippen molar-refractivity contribution in [1.29, 1.82) is 0 Å². The van der Waals surface area contributed by atoms with Crippen LogP contribution >= 0.6 is 0 Å². The maximum atomic E-state index is 13.3. The lowest BCUT2D eigenvalue weighted by Crippen LogP contribution is -2.34. The number of sulfonamides is 1. The van der Waals surface area contributed by atoms with E-state index in [9.17, 15) is 18.3 Å². The van der Waals surface area contributed by atoms with Crippen LogP contribution in [0.4, 0.5) is 0 Å². The molecule has 216 valence electrons. The Hall–Kier alpha value is -2.92. The number of hydrazine groups is 1. The molecular weight excluding hydrogens is 516 g/mol. The topological polar surface area (TPSA) is 148 Å². The summed E-state index contributed by atoms with van der Waals surface area (Å²) in [5, 5.41) is 11.4. The normalized spacial score (nSPS) is 14.2. The molecule has 0 heterocycles. The van der Waals surface area contributed by atoms with Crippen LogP contribution in [-0.4, -0.2) is 37.7 Å². The zero-order valence-corrected chi connectivity index (χ0v) is 24.7. The maximum Gasteiger partial charge on any atom is 0.312 e. The van der Waals surface area contributed by atoms with Crippen LogP contribution in [0.2, 0.25) is 0 Å². The van der Waals surface area contributed by atoms with E-state index in [1.807, 2.05) is 32.0 Å². The fraction of sp³-hybridized carbons (Fsp3) is 0.483. The average Bonchev–Trinajstić information content (AvgIpc) is 2.88. The fourth-order valence-corrected chi connectivity index (χ4v) is 5.36. The predicted octanol–water partition coefficient (Wildman–Crippen LogP) is 4.23. The van der Waals surface area contributed by atoms with Gasteiger partial charge in [0.05, 0.1) is 28.7 Å². The van der Waals surface area contributed by atoms with E-state index in [2.05, 4.69) is 18.6 Å². The first-order valence-corrected chi connectivity index (χ1v) is 14.7. The van der Waals surface area contributed by atoms with E-state index < -0.39 is 27.5 Å². The summed E-state index contributed by atoms with van der Waals surface area (Å²) in [5.41, 5.74) is 8.06. The van der Waals surface area contributed by atoms with Gasteiger partial charge >= 0.3 is 5.97 Å². The quantitative estimate of drug-likeness (QED) is 0.187. The predicted molar refractivity (Wildman–Crippen MR) is 154 cm³/mol. The second kappa shape index (κ2) is 13.9. The molecule has 9 nitrogen and oxygen atoms in total. The number of carbonyl (C=O) groups is 1. The zero-order chi connectivity index (χ0) is 29.4. The number of nitrogens with one attached hydrogen (secondary N) is 1. The summed E-state index contributed by atoms with van der Waals surface area (Å²) < 4.78 is 35.4. The van der Waals surface area contributed by atoms with Crippen LogP contribution in [0.5, 0.6) is 0 Å². The summed E-state index contributed by atoms with van der Waals surface area (Å²) in [6.07, 6.45) is 2.30. The molecule has 39 heavy (non-hydrogen) atoms. The Bertz CT molecular complexity index is 1260. The monoisotopic (exact) mass is 560 g/mol. The van der Waals surface area contributed by atoms with E-state index in [1.165, 1.54) is 5.01 Å². The molecule has 2 rings (SSSR count). The SMILES string of the molecule is CCC(C)Cc1ccccc1S(=O)(=O)NCc1cc(C(OC/C(N)=C/N(N)CC)C(C)(C)C(=O)O)ccc1C. The molecule has 10 heteroatoms. The third-order valence-electron chi connectivity index (χ3n) is 6.98. The molecule has 0 spiro atoms. The molecule has 2 unspecified atom stereocenters. The highest BCUT2D eigenvalue weighted by Crippen LogP contribution is 2.38. The minimum absolute atomic E-state index is 0.0299. The van der Waals surface area contributed by atoms with E-state index in [4.69, 9.17) is 16.3 Å². The van der Waals surface area contributed by atoms with Crippen molar-refractivity contribution in [3.63, 3.8) is 0 Å². The molecule has 0 fully saturated rings. The summed E-state index contributed by atoms with van der Waals surface area (Å²) in [7, 11) is -3.79. The summed E-state index contributed by atoms with van der Waals surface area (Å²) in [4.78, 5) is 12.4. The number of nitrogens with two attached hydrogens (primary N) is 2. The fourth-order valence-electron chi connectivity index (χ4n) is 4.10. The number of ether oxygens (including phenoxy) is 1. The first-order valence-electron chi connectivity index (χ1n) is 13.2. The van der Waals surface area contributed by atoms with Crippen molar-refractivity contribution in [2.75, 3.05) is 13.2 Å². The second-order valence-electron chi connectivity index (χ2n) is 10.6. The maximum absolute atomic E-state index is 13.3. The smallest absolute Gasteiger partial charge is 0.312 e. The number of hydrogen-bond acceptors (Lipinski definition) is 7. The van der Waals surface area contributed by atoms with E-state index in [0.717, 1.165) is 17.5 Å². The molecule has 2 aromatic rings. The molecular formula is C29H44N4O5S. The second-order valence-corrected chi connectivity index (χ2v) is 12.3. The number of rotatable bonds is 15. The Balaban J connectivity index is 2.35. The minimum atomic E-state index is -3.79. The van der Waals surface area contributed by atoms with Crippen molar-refractivity contribution in [1.82, 2.24) is 9.73 Å². The lowest BCUT2D eigenvalue weighted by Gasteiger charge is -2.31. The molecule has 0 aliphatic heterocycles. The summed E-state index contributed by atoms with van der Waals surface area (Å²) >= 11 is 0. The van der Waals surface area contributed by atoms with Crippen molar-refractivity contribution in [3.05, 3.63) is 76.6 Å². The molecule has 6 N–H and O–H groups in total. The molecule has 2 atom stereocenters. The average molecular weight is 561 g/mol. The minimum Gasteiger partial charge on any atom is -0.481 e. The number of hydrogen-bond donors (Lipinski definition) is 4. The molecule has 0 aliphatic rings. The first-order chi connectivity index (χ1) is 18.2. The molecule has 0 amide bonds. The molecule has 2 aromatic carbocycles. The van der Waals surface area contributed by atoms with Gasteiger partial charge in [-0.1, -0.05) is 56.7 Å². The standard InChI is InChI=1S/C29H44N4O5S/c1-7-20(3)15-22-11-9-10-12-26(22)39(36,37)32-17-24-16-23(14-13-21(24)4)27(29(5,6)28(34)35)38-19-25(30)18-33(31)8-2/h9-14,16,18,20,27,32H,7-8,15,17,19,30-31H2,1-6H3,(H,34,35)/b25-18-. The molecule has 0 aromatic heterocycles. The highest BCUT2D eigenvalue weighted by Gasteiger charge is 2.39. The van der Waals surface area contributed by atoms with Gasteiger partial charge in [-0.25, -0.2) is 19.0 Å². The summed E-state index contributed by atoms with van der Waals surface area (Å²) in [5.74, 6) is 5.10. The van der Waals surface area contributed by atoms with Crippen molar-refractivity contribution in [2.45, 2.75) is 71.9 Å². The Morgan fingerprint density at radius 2 is 1.85 bits per heavy atom. The van der Waals surface area contributed by atoms with Crippen molar-refractivity contribution in [3.8, 4) is 0 Å². The zero-order valence-electron chi connectivity index (χ0n) is 23.9. The summed E-state index contributed by atoms with van der Waals surface area (Å²) in [6, 6.07) is 12.5. The van der Waals surface area contributed by atoms with E-state index >= 15 is 0 Å². The number of benzene rings is 2. The number of aryl methyl sites for hydroxylation is 1. The third kappa shape index (κ3) is 8.79. The van der Waals surface area contributed by atoms with Crippen LogP contribution in [0.25, 0.3) is 0 Å². The van der Waals surface area contributed by atoms with Crippen LogP contribution in [0, 0.1) is 18.3 Å².